The van der Waals surface area contributed by atoms with E-state index in [0.29, 0.717) is 12.1 Å². The predicted molar refractivity (Wildman–Crippen MR) is 128 cm³/mol. The largest absolute Gasteiger partial charge is 0.480 e. The number of nitrogens with zero attached hydrogens (tertiary/aromatic N) is 1. The first-order valence-corrected chi connectivity index (χ1v) is 12.4. The van der Waals surface area contributed by atoms with Crippen LogP contribution >= 0.6 is 27.7 Å². The SMILES string of the molecule is CCCCCCCCCC(=O)SCC(=O)N(c1c(C)ccc(Br)c1C)[C@@H](C)C(=O)O. The van der Waals surface area contributed by atoms with Crippen LogP contribution in [0.5, 0.6) is 0 Å². The Hall–Kier alpha value is -1.34. The molecule has 168 valence electrons. The number of aliphatic carboxylic acids is 1. The highest BCUT2D eigenvalue weighted by molar-refractivity contribution is 9.10. The van der Waals surface area contributed by atoms with Crippen molar-refractivity contribution in [2.75, 3.05) is 10.7 Å². The minimum atomic E-state index is -1.08. The lowest BCUT2D eigenvalue weighted by atomic mass is 10.1. The van der Waals surface area contributed by atoms with Crippen LogP contribution in [0.2, 0.25) is 0 Å². The highest BCUT2D eigenvalue weighted by Crippen LogP contribution is 2.32. The minimum Gasteiger partial charge on any atom is -0.480 e. The number of halogens is 1. The van der Waals surface area contributed by atoms with Crippen LogP contribution in [0.4, 0.5) is 5.69 Å². The number of unbranched alkanes of at least 4 members (excludes halogenated alkanes) is 6. The van der Waals surface area contributed by atoms with E-state index in [1.165, 1.54) is 37.5 Å². The summed E-state index contributed by atoms with van der Waals surface area (Å²) in [5.41, 5.74) is 2.21. The average molecular weight is 500 g/mol. The quantitative estimate of drug-likeness (QED) is 0.323. The van der Waals surface area contributed by atoms with Crippen LogP contribution in [0.3, 0.4) is 0 Å². The number of carboxylic acid groups (broad SMARTS) is 1. The summed E-state index contributed by atoms with van der Waals surface area (Å²) >= 11 is 4.45. The molecule has 0 spiro atoms. The summed E-state index contributed by atoms with van der Waals surface area (Å²) in [6.45, 7) is 7.38. The van der Waals surface area contributed by atoms with E-state index >= 15 is 0 Å². The first-order chi connectivity index (χ1) is 14.2. The van der Waals surface area contributed by atoms with Crippen molar-refractivity contribution in [2.24, 2.45) is 0 Å². The maximum Gasteiger partial charge on any atom is 0.326 e. The fraction of sp³-hybridized carbons (Fsp3) is 0.609. The highest BCUT2D eigenvalue weighted by Gasteiger charge is 2.30. The Morgan fingerprint density at radius 3 is 2.27 bits per heavy atom. The summed E-state index contributed by atoms with van der Waals surface area (Å²) in [5.74, 6) is -1.51. The third kappa shape index (κ3) is 8.42. The van der Waals surface area contributed by atoms with Crippen LogP contribution in [0.25, 0.3) is 0 Å². The van der Waals surface area contributed by atoms with Crippen molar-refractivity contribution in [1.82, 2.24) is 0 Å². The van der Waals surface area contributed by atoms with E-state index in [2.05, 4.69) is 22.9 Å². The van der Waals surface area contributed by atoms with Gasteiger partial charge in [-0.05, 0) is 44.4 Å². The molecule has 1 aromatic rings. The molecule has 0 aromatic heterocycles. The maximum absolute atomic E-state index is 13.0. The number of carbonyl (C=O) groups excluding carboxylic acids is 2. The van der Waals surface area contributed by atoms with Crippen molar-refractivity contribution in [3.05, 3.63) is 27.7 Å². The van der Waals surface area contributed by atoms with Gasteiger partial charge in [0.25, 0.3) is 0 Å². The van der Waals surface area contributed by atoms with E-state index in [9.17, 15) is 19.5 Å². The topological polar surface area (TPSA) is 74.7 Å². The first-order valence-electron chi connectivity index (χ1n) is 10.7. The lowest BCUT2D eigenvalue weighted by molar-refractivity contribution is -0.139. The van der Waals surface area contributed by atoms with Gasteiger partial charge in [0.1, 0.15) is 6.04 Å². The van der Waals surface area contributed by atoms with Gasteiger partial charge in [-0.2, -0.15) is 0 Å². The Labute approximate surface area is 193 Å². The molecule has 0 bridgehead atoms. The van der Waals surface area contributed by atoms with Gasteiger partial charge in [0, 0.05) is 10.9 Å². The molecule has 0 saturated carbocycles. The van der Waals surface area contributed by atoms with Gasteiger partial charge < -0.3 is 5.11 Å². The standard InChI is InChI=1S/C23H34BrNO4S/c1-5-6-7-8-9-10-11-12-21(27)30-15-20(26)25(18(4)23(28)29)22-16(2)13-14-19(24)17(22)3/h13-14,18H,5-12,15H2,1-4H3,(H,28,29)/t18-/m0/s1. The molecule has 0 heterocycles. The van der Waals surface area contributed by atoms with Crippen molar-refractivity contribution in [3.8, 4) is 0 Å². The summed E-state index contributed by atoms with van der Waals surface area (Å²) in [5, 5.41) is 9.52. The van der Waals surface area contributed by atoms with Crippen LogP contribution in [0.1, 0.15) is 76.3 Å². The molecular formula is C23H34BrNO4S. The molecule has 1 N–H and O–H groups in total. The van der Waals surface area contributed by atoms with Gasteiger partial charge in [-0.1, -0.05) is 79.2 Å². The molecule has 1 aromatic carbocycles. The number of hydrogen-bond donors (Lipinski definition) is 1. The number of aryl methyl sites for hydroxylation is 1. The van der Waals surface area contributed by atoms with E-state index in [1.807, 2.05) is 26.0 Å². The molecule has 0 aliphatic carbocycles. The van der Waals surface area contributed by atoms with Crippen molar-refractivity contribution in [1.29, 1.82) is 0 Å². The second-order valence-electron chi connectivity index (χ2n) is 7.65. The number of hydrogen-bond acceptors (Lipinski definition) is 4. The second-order valence-corrected chi connectivity index (χ2v) is 9.53. The van der Waals surface area contributed by atoms with Crippen LogP contribution < -0.4 is 4.90 Å². The summed E-state index contributed by atoms with van der Waals surface area (Å²) in [6.07, 6.45) is 8.41. The number of rotatable bonds is 13. The van der Waals surface area contributed by atoms with Gasteiger partial charge in [0.15, 0.2) is 5.12 Å². The summed E-state index contributed by atoms with van der Waals surface area (Å²) in [7, 11) is 0. The predicted octanol–water partition coefficient (Wildman–Crippen LogP) is 6.27. The van der Waals surface area contributed by atoms with E-state index < -0.39 is 12.0 Å². The van der Waals surface area contributed by atoms with Gasteiger partial charge in [0.05, 0.1) is 11.4 Å². The van der Waals surface area contributed by atoms with Crippen molar-refractivity contribution in [3.63, 3.8) is 0 Å². The highest BCUT2D eigenvalue weighted by atomic mass is 79.9. The number of carbonyl (C=O) groups is 3. The molecular weight excluding hydrogens is 466 g/mol. The van der Waals surface area contributed by atoms with Crippen LogP contribution in [0, 0.1) is 13.8 Å². The van der Waals surface area contributed by atoms with Crippen LogP contribution in [-0.4, -0.2) is 33.9 Å². The molecule has 0 aliphatic rings. The zero-order valence-corrected chi connectivity index (χ0v) is 20.9. The van der Waals surface area contributed by atoms with Gasteiger partial charge in [-0.15, -0.1) is 0 Å². The third-order valence-corrected chi connectivity index (χ3v) is 6.94. The number of benzene rings is 1. The first kappa shape index (κ1) is 26.7. The number of amides is 1. The Balaban J connectivity index is 2.69. The Kier molecular flexibility index (Phi) is 12.3. The van der Waals surface area contributed by atoms with Gasteiger partial charge in [0.2, 0.25) is 5.91 Å². The molecule has 1 atom stereocenters. The molecule has 0 aliphatic heterocycles. The Morgan fingerprint density at radius 2 is 1.67 bits per heavy atom. The number of thioether (sulfide) groups is 1. The molecule has 0 saturated heterocycles. The minimum absolute atomic E-state index is 0.0116. The van der Waals surface area contributed by atoms with Gasteiger partial charge in [-0.25, -0.2) is 4.79 Å². The summed E-state index contributed by atoms with van der Waals surface area (Å²) in [4.78, 5) is 38.1. The molecule has 1 rings (SSSR count). The normalized spacial score (nSPS) is 11.9. The number of anilines is 1. The van der Waals surface area contributed by atoms with E-state index in [4.69, 9.17) is 0 Å². The van der Waals surface area contributed by atoms with E-state index in [-0.39, 0.29) is 16.8 Å². The Bertz CT molecular complexity index is 738. The lowest BCUT2D eigenvalue weighted by Crippen LogP contribution is -2.45. The number of carboxylic acids is 1. The second kappa shape index (κ2) is 13.9. The van der Waals surface area contributed by atoms with E-state index in [0.717, 1.165) is 46.6 Å². The van der Waals surface area contributed by atoms with Gasteiger partial charge >= 0.3 is 5.97 Å². The zero-order chi connectivity index (χ0) is 22.7. The van der Waals surface area contributed by atoms with Crippen LogP contribution in [0.15, 0.2) is 16.6 Å². The molecule has 7 heteroatoms. The van der Waals surface area contributed by atoms with Crippen molar-refractivity contribution < 1.29 is 19.5 Å². The van der Waals surface area contributed by atoms with E-state index in [1.54, 1.807) is 0 Å². The molecule has 0 unspecified atom stereocenters. The maximum atomic E-state index is 13.0. The monoisotopic (exact) mass is 499 g/mol. The fourth-order valence-electron chi connectivity index (χ4n) is 3.34. The van der Waals surface area contributed by atoms with Crippen molar-refractivity contribution >= 4 is 50.4 Å². The average Bonchev–Trinajstić information content (AvgIpc) is 2.71. The lowest BCUT2D eigenvalue weighted by Gasteiger charge is -2.30. The summed E-state index contributed by atoms with van der Waals surface area (Å²) < 4.78 is 0.807. The molecule has 5 nitrogen and oxygen atoms in total. The fourth-order valence-corrected chi connectivity index (χ4v) is 4.37. The van der Waals surface area contributed by atoms with Crippen molar-refractivity contribution in [2.45, 2.75) is 85.1 Å². The molecule has 0 fully saturated rings. The van der Waals surface area contributed by atoms with Gasteiger partial charge in [-0.3, -0.25) is 14.5 Å². The smallest absolute Gasteiger partial charge is 0.326 e. The zero-order valence-electron chi connectivity index (χ0n) is 18.5. The Morgan fingerprint density at radius 1 is 1.07 bits per heavy atom. The third-order valence-electron chi connectivity index (χ3n) is 5.16. The summed E-state index contributed by atoms with van der Waals surface area (Å²) in [6, 6.07) is 2.70. The van der Waals surface area contributed by atoms with Crippen LogP contribution in [-0.2, 0) is 14.4 Å². The molecule has 0 radical (unpaired) electrons. The molecule has 1 amide bonds. The molecule has 30 heavy (non-hydrogen) atoms.